The summed E-state index contributed by atoms with van der Waals surface area (Å²) in [6, 6.07) is 0.0880. The van der Waals surface area contributed by atoms with E-state index in [0.29, 0.717) is 62.9 Å². The summed E-state index contributed by atoms with van der Waals surface area (Å²) in [6.45, 7) is 12.8. The summed E-state index contributed by atoms with van der Waals surface area (Å²) < 4.78 is 7.98. The van der Waals surface area contributed by atoms with E-state index in [2.05, 4.69) is 59.8 Å². The lowest BCUT2D eigenvalue weighted by Crippen LogP contribution is -2.63. The number of rotatable bonds is 6. The Balaban J connectivity index is 0.986. The number of ether oxygens (including phenoxy) is 1. The molecule has 3 amide bonds. The number of piperidine rings is 1. The number of hydrogen-bond donors (Lipinski definition) is 3. The first-order chi connectivity index (χ1) is 24.7. The van der Waals surface area contributed by atoms with Gasteiger partial charge in [0.15, 0.2) is 17.0 Å². The van der Waals surface area contributed by atoms with E-state index >= 15 is 0 Å². The van der Waals surface area contributed by atoms with Crippen molar-refractivity contribution < 1.29 is 29.0 Å². The highest BCUT2D eigenvalue weighted by Gasteiger charge is 2.68. The minimum atomic E-state index is -0.811. The summed E-state index contributed by atoms with van der Waals surface area (Å²) in [5, 5.41) is 14.3. The van der Waals surface area contributed by atoms with Crippen LogP contribution in [0.2, 0.25) is 0 Å². The van der Waals surface area contributed by atoms with Gasteiger partial charge in [-0.3, -0.25) is 19.7 Å². The number of carbonyl (C=O) groups is 4. The van der Waals surface area contributed by atoms with Crippen LogP contribution in [0.4, 0.5) is 10.6 Å². The molecular formula is C38H56N8O6. The lowest BCUT2D eigenvalue weighted by atomic mass is 9.43. The molecule has 4 heterocycles. The lowest BCUT2D eigenvalue weighted by molar-refractivity contribution is -0.198. The third-order valence-electron chi connectivity index (χ3n) is 14.6. The molecule has 5 aliphatic rings. The summed E-state index contributed by atoms with van der Waals surface area (Å²) in [6.07, 6.45) is 6.77. The van der Waals surface area contributed by atoms with E-state index in [1.807, 2.05) is 0 Å². The maximum Gasteiger partial charge on any atom is 0.414 e. The van der Waals surface area contributed by atoms with E-state index in [9.17, 15) is 24.3 Å². The number of hydrogen-bond acceptors (Lipinski definition) is 11. The van der Waals surface area contributed by atoms with Crippen LogP contribution in [0.25, 0.3) is 11.2 Å². The maximum absolute atomic E-state index is 13.7. The van der Waals surface area contributed by atoms with E-state index in [1.54, 1.807) is 15.8 Å². The van der Waals surface area contributed by atoms with Gasteiger partial charge in [0.05, 0.1) is 12.4 Å². The van der Waals surface area contributed by atoms with Gasteiger partial charge < -0.3 is 29.9 Å². The summed E-state index contributed by atoms with van der Waals surface area (Å²) in [5.41, 5.74) is 5.82. The van der Waals surface area contributed by atoms with Crippen LogP contribution in [0.5, 0.6) is 0 Å². The van der Waals surface area contributed by atoms with Crippen molar-refractivity contribution in [1.29, 1.82) is 0 Å². The second-order valence-corrected chi connectivity index (χ2v) is 17.2. The Labute approximate surface area is 305 Å². The number of nitrogens with one attached hydrogen (secondary N) is 1. The Kier molecular flexibility index (Phi) is 9.63. The van der Waals surface area contributed by atoms with Crippen LogP contribution in [0, 0.1) is 39.9 Å². The molecule has 2 bridgehead atoms. The quantitative estimate of drug-likeness (QED) is 0.397. The molecule has 0 radical (unpaired) electrons. The zero-order chi connectivity index (χ0) is 37.2. The molecule has 4 N–H and O–H groups in total. The molecule has 2 aromatic heterocycles. The number of nitrogens with zero attached hydrogens (tertiary/aromatic N) is 6. The molecular weight excluding hydrogens is 664 g/mol. The Morgan fingerprint density at radius 3 is 2.50 bits per heavy atom. The zero-order valence-electron chi connectivity index (χ0n) is 31.3. The molecule has 9 atom stereocenters. The average Bonchev–Trinajstić information content (AvgIpc) is 3.85. The van der Waals surface area contributed by atoms with Crippen molar-refractivity contribution in [3.63, 3.8) is 0 Å². The molecule has 2 saturated heterocycles. The van der Waals surface area contributed by atoms with Gasteiger partial charge in [-0.15, -0.1) is 0 Å². The molecule has 0 spiro atoms. The van der Waals surface area contributed by atoms with E-state index in [-0.39, 0.29) is 47.4 Å². The number of amides is 3. The molecule has 5 fully saturated rings. The van der Waals surface area contributed by atoms with E-state index in [0.717, 1.165) is 38.0 Å². The van der Waals surface area contributed by atoms with Crippen molar-refractivity contribution in [1.82, 2.24) is 29.7 Å². The largest absolute Gasteiger partial charge is 0.445 e. The van der Waals surface area contributed by atoms with Crippen LogP contribution in [0.1, 0.15) is 92.4 Å². The van der Waals surface area contributed by atoms with Gasteiger partial charge in [0.2, 0.25) is 11.8 Å². The van der Waals surface area contributed by atoms with Crippen molar-refractivity contribution in [3.05, 3.63) is 12.7 Å². The van der Waals surface area contributed by atoms with Crippen LogP contribution >= 0.6 is 0 Å². The van der Waals surface area contributed by atoms with Crippen molar-refractivity contribution in [2.45, 2.75) is 117 Å². The number of aliphatic hydroxyl groups excluding tert-OH is 1. The van der Waals surface area contributed by atoms with Crippen molar-refractivity contribution in [2.24, 2.45) is 45.7 Å². The Bertz CT molecular complexity index is 1730. The lowest BCUT2D eigenvalue weighted by Gasteiger charge is -2.62. The van der Waals surface area contributed by atoms with Gasteiger partial charge in [-0.25, -0.2) is 19.7 Å². The predicted molar refractivity (Wildman–Crippen MR) is 193 cm³/mol. The van der Waals surface area contributed by atoms with Crippen LogP contribution in [-0.2, 0) is 25.7 Å². The number of nitrogens with two attached hydrogens (primary N) is 1. The number of likely N-dealkylation sites (tertiary alicyclic amines) is 1. The van der Waals surface area contributed by atoms with Gasteiger partial charge in [0, 0.05) is 55.9 Å². The highest BCUT2D eigenvalue weighted by atomic mass is 16.6. The van der Waals surface area contributed by atoms with E-state index in [4.69, 9.17) is 10.5 Å². The number of alkyl carbamates (subject to hydrolysis) is 1. The molecule has 3 aliphatic carbocycles. The second-order valence-electron chi connectivity index (χ2n) is 17.2. The van der Waals surface area contributed by atoms with Crippen LogP contribution < -0.4 is 16.0 Å². The third-order valence-corrected chi connectivity index (χ3v) is 14.6. The number of imide groups is 1. The topological polar surface area (TPSA) is 186 Å². The van der Waals surface area contributed by atoms with E-state index < -0.39 is 41.0 Å². The zero-order valence-corrected chi connectivity index (χ0v) is 31.3. The smallest absolute Gasteiger partial charge is 0.414 e. The first-order valence-electron chi connectivity index (χ1n) is 19.4. The standard InChI is InChI=1S/C38H56N8O6/c1-6-36(4)17-27(37(5)22(2)7-12-38(23(3)31(36)49)13-8-26(47)30(37)38)52-35(51)43-34(50)24-9-14-44(15-10-24)28(48)19-46-21-42-29-32(40-20-41-33(29)46)45-16-11-25(39)18-45/h20-25,27,30-31,49H,6-19,39H2,1-5H3,(H,43,50,51)/t22?,23?,25-,27?,30?,31+,36-,37?,38?/m1/s1. The van der Waals surface area contributed by atoms with Gasteiger partial charge in [0.1, 0.15) is 24.8 Å². The first kappa shape index (κ1) is 36.7. The average molecular weight is 721 g/mol. The highest BCUT2D eigenvalue weighted by molar-refractivity contribution is 5.93. The molecule has 6 unspecified atom stereocenters. The van der Waals surface area contributed by atoms with Crippen molar-refractivity contribution in [3.8, 4) is 0 Å². The molecule has 2 aromatic rings. The monoisotopic (exact) mass is 720 g/mol. The number of Topliss-reactive ketones (excluding diaryl/α,β-unsaturated/α-hetero) is 1. The Morgan fingerprint density at radius 2 is 1.81 bits per heavy atom. The van der Waals surface area contributed by atoms with Crippen LogP contribution in [0.15, 0.2) is 12.7 Å². The number of aliphatic hydroxyl groups is 1. The molecule has 0 aromatic carbocycles. The second kappa shape index (κ2) is 13.6. The van der Waals surface area contributed by atoms with Gasteiger partial charge >= 0.3 is 6.09 Å². The number of ketones is 1. The number of anilines is 1. The third kappa shape index (κ3) is 5.97. The fraction of sp³-hybridized carbons (Fsp3) is 0.763. The molecule has 52 heavy (non-hydrogen) atoms. The summed E-state index contributed by atoms with van der Waals surface area (Å²) >= 11 is 0. The Morgan fingerprint density at radius 1 is 1.06 bits per heavy atom. The summed E-state index contributed by atoms with van der Waals surface area (Å²) in [7, 11) is 0. The minimum Gasteiger partial charge on any atom is -0.445 e. The number of aromatic nitrogens is 4. The van der Waals surface area contributed by atoms with Crippen LogP contribution in [-0.4, -0.2) is 97.6 Å². The first-order valence-corrected chi connectivity index (χ1v) is 19.4. The molecule has 284 valence electrons. The summed E-state index contributed by atoms with van der Waals surface area (Å²) in [5.74, 6) is -0.321. The van der Waals surface area contributed by atoms with Crippen LogP contribution in [0.3, 0.4) is 0 Å². The molecule has 7 rings (SSSR count). The van der Waals surface area contributed by atoms with Gasteiger partial charge in [-0.05, 0) is 74.0 Å². The summed E-state index contributed by atoms with van der Waals surface area (Å²) in [4.78, 5) is 71.3. The van der Waals surface area contributed by atoms with Gasteiger partial charge in [0.25, 0.3) is 0 Å². The number of fused-ring (bicyclic) bond motifs is 1. The van der Waals surface area contributed by atoms with E-state index in [1.165, 1.54) is 6.33 Å². The van der Waals surface area contributed by atoms with Crippen molar-refractivity contribution >= 4 is 40.7 Å². The highest BCUT2D eigenvalue weighted by Crippen LogP contribution is 2.68. The normalized spacial score (nSPS) is 36.7. The fourth-order valence-corrected chi connectivity index (χ4v) is 10.9. The maximum atomic E-state index is 13.7. The predicted octanol–water partition coefficient (Wildman–Crippen LogP) is 3.44. The van der Waals surface area contributed by atoms with Gasteiger partial charge in [-0.1, -0.05) is 34.6 Å². The molecule has 2 aliphatic heterocycles. The number of imidazole rings is 1. The molecule has 14 nitrogen and oxygen atoms in total. The minimum absolute atomic E-state index is 0.0587. The Hall–Kier alpha value is -3.65. The molecule has 14 heteroatoms. The van der Waals surface area contributed by atoms with Crippen molar-refractivity contribution in [2.75, 3.05) is 31.1 Å². The fourth-order valence-electron chi connectivity index (χ4n) is 10.9. The SMILES string of the molecule is CC[C@]1(C)CC(OC(=O)NC(=O)C2CCN(C(=O)Cn3cnc4c(N5CC[C@@H](N)C5)ncnc43)CC2)C2(C)C(C)CCC3(CCC(=O)C32)C(C)[C@@H]1O. The number of carbonyl (C=O) groups excluding carboxylic acids is 4. The van der Waals surface area contributed by atoms with Gasteiger partial charge in [-0.2, -0.15) is 0 Å². The molecule has 3 saturated carbocycles.